The molecule has 0 spiro atoms. The number of hydrogen-bond donors (Lipinski definition) is 1. The highest BCUT2D eigenvalue weighted by Crippen LogP contribution is 2.09. The predicted octanol–water partition coefficient (Wildman–Crippen LogP) is 0.592. The minimum Gasteiger partial charge on any atom is -0.426 e. The topological polar surface area (TPSA) is 60.4 Å². The van der Waals surface area contributed by atoms with Crippen molar-refractivity contribution in [1.29, 1.82) is 0 Å². The highest BCUT2D eigenvalue weighted by Gasteiger charge is 2.17. The Morgan fingerprint density at radius 3 is 2.36 bits per heavy atom. The van der Waals surface area contributed by atoms with Gasteiger partial charge in [0.2, 0.25) is 0 Å². The molecule has 4 nitrogen and oxygen atoms in total. The fraction of sp³-hybridized carbons (Fsp3) is 0.222. The van der Waals surface area contributed by atoms with E-state index >= 15 is 0 Å². The lowest BCUT2D eigenvalue weighted by Crippen LogP contribution is -2.24. The molecule has 76 valence electrons. The van der Waals surface area contributed by atoms with E-state index in [1.165, 1.54) is 6.92 Å². The summed E-state index contributed by atoms with van der Waals surface area (Å²) in [5.41, 5.74) is 0. The second-order valence-corrected chi connectivity index (χ2v) is 4.04. The molecule has 1 rings (SSSR count). The third-order valence-electron chi connectivity index (χ3n) is 1.62. The summed E-state index contributed by atoms with van der Waals surface area (Å²) < 4.78 is 25.7. The summed E-state index contributed by atoms with van der Waals surface area (Å²) >= 11 is 0. The first kappa shape index (κ1) is 10.7. The first-order chi connectivity index (χ1) is 6.61. The van der Waals surface area contributed by atoms with Gasteiger partial charge in [0.25, 0.3) is 0 Å². The van der Waals surface area contributed by atoms with Crippen LogP contribution in [-0.2, 0) is 15.5 Å². The molecule has 0 amide bonds. The maximum Gasteiger partial charge on any atom is 0.329 e. The Labute approximate surface area is 83.5 Å². The molecule has 0 saturated heterocycles. The van der Waals surface area contributed by atoms with Crippen molar-refractivity contribution in [2.75, 3.05) is 0 Å². The molecular formula is C9H10O4S. The molecule has 0 fully saturated rings. The zero-order chi connectivity index (χ0) is 10.6. The standard InChI is InChI=1S/C9H10O4S/c1-7(14(11)12)9(10)13-8-5-3-2-4-6-8/h2-7,14H,1H3. The van der Waals surface area contributed by atoms with Gasteiger partial charge in [0, 0.05) is 0 Å². The average Bonchev–Trinajstić information content (AvgIpc) is 2.18. The summed E-state index contributed by atoms with van der Waals surface area (Å²) in [6, 6.07) is 8.34. The van der Waals surface area contributed by atoms with E-state index in [0.717, 1.165) is 0 Å². The molecule has 0 aromatic heterocycles. The van der Waals surface area contributed by atoms with E-state index in [-0.39, 0.29) is 0 Å². The van der Waals surface area contributed by atoms with Crippen molar-refractivity contribution in [1.82, 2.24) is 0 Å². The van der Waals surface area contributed by atoms with Crippen molar-refractivity contribution in [3.8, 4) is 5.75 Å². The van der Waals surface area contributed by atoms with E-state index < -0.39 is 21.9 Å². The van der Waals surface area contributed by atoms with Crippen molar-refractivity contribution < 1.29 is 17.9 Å². The number of esters is 1. The molecule has 5 heteroatoms. The van der Waals surface area contributed by atoms with Crippen LogP contribution in [0.5, 0.6) is 5.75 Å². The van der Waals surface area contributed by atoms with Crippen LogP contribution in [0.15, 0.2) is 30.3 Å². The molecule has 0 saturated carbocycles. The highest BCUT2D eigenvalue weighted by molar-refractivity contribution is 7.74. The monoisotopic (exact) mass is 214 g/mol. The van der Waals surface area contributed by atoms with Crippen LogP contribution in [0.3, 0.4) is 0 Å². The van der Waals surface area contributed by atoms with Crippen LogP contribution in [-0.4, -0.2) is 19.6 Å². The Morgan fingerprint density at radius 2 is 1.86 bits per heavy atom. The minimum atomic E-state index is -2.77. The molecule has 0 heterocycles. The maximum atomic E-state index is 11.1. The first-order valence-electron chi connectivity index (χ1n) is 4.01. The SMILES string of the molecule is CC(C(=O)Oc1ccccc1)[SH](=O)=O. The van der Waals surface area contributed by atoms with Crippen LogP contribution in [0.1, 0.15) is 6.92 Å². The minimum absolute atomic E-state index is 0.348. The van der Waals surface area contributed by atoms with E-state index in [1.54, 1.807) is 30.3 Å². The van der Waals surface area contributed by atoms with Gasteiger partial charge in [-0.2, -0.15) is 0 Å². The molecule has 0 bridgehead atoms. The lowest BCUT2D eigenvalue weighted by atomic mass is 10.3. The van der Waals surface area contributed by atoms with Gasteiger partial charge < -0.3 is 4.74 Å². The van der Waals surface area contributed by atoms with Gasteiger partial charge in [-0.15, -0.1) is 0 Å². The van der Waals surface area contributed by atoms with E-state index in [2.05, 4.69) is 0 Å². The zero-order valence-electron chi connectivity index (χ0n) is 7.54. The van der Waals surface area contributed by atoms with Gasteiger partial charge in [0.15, 0.2) is 16.0 Å². The smallest absolute Gasteiger partial charge is 0.329 e. The van der Waals surface area contributed by atoms with Crippen LogP contribution in [0.4, 0.5) is 0 Å². The summed E-state index contributed by atoms with van der Waals surface area (Å²) in [7, 11) is -2.77. The van der Waals surface area contributed by atoms with Crippen LogP contribution in [0.25, 0.3) is 0 Å². The Balaban J connectivity index is 2.67. The fourth-order valence-electron chi connectivity index (χ4n) is 0.776. The Kier molecular flexibility index (Phi) is 3.64. The molecule has 0 N–H and O–H groups in total. The number of benzene rings is 1. The number of rotatable bonds is 3. The van der Waals surface area contributed by atoms with Gasteiger partial charge in [-0.05, 0) is 19.1 Å². The lowest BCUT2D eigenvalue weighted by molar-refractivity contribution is -0.133. The van der Waals surface area contributed by atoms with Gasteiger partial charge >= 0.3 is 5.97 Å². The molecular weight excluding hydrogens is 204 g/mol. The van der Waals surface area contributed by atoms with E-state index in [4.69, 9.17) is 4.74 Å². The second kappa shape index (κ2) is 4.76. The van der Waals surface area contributed by atoms with E-state index in [1.807, 2.05) is 0 Å². The molecule has 0 radical (unpaired) electrons. The van der Waals surface area contributed by atoms with Crippen LogP contribution in [0.2, 0.25) is 0 Å². The number of para-hydroxylation sites is 1. The number of ether oxygens (including phenoxy) is 1. The highest BCUT2D eigenvalue weighted by atomic mass is 32.2. The fourth-order valence-corrected chi connectivity index (χ4v) is 1.00. The maximum absolute atomic E-state index is 11.1. The lowest BCUT2D eigenvalue weighted by Gasteiger charge is -2.04. The Hall–Kier alpha value is -1.36. The van der Waals surface area contributed by atoms with Gasteiger partial charge in [0.05, 0.1) is 0 Å². The third kappa shape index (κ3) is 2.85. The molecule has 1 atom stereocenters. The second-order valence-electron chi connectivity index (χ2n) is 2.70. The quantitative estimate of drug-likeness (QED) is 0.454. The first-order valence-corrected chi connectivity index (χ1v) is 5.26. The number of thiol groups is 1. The van der Waals surface area contributed by atoms with Gasteiger partial charge in [-0.25, -0.2) is 8.42 Å². The molecule has 0 aliphatic carbocycles. The Bertz CT molecular complexity index is 375. The third-order valence-corrected chi connectivity index (χ3v) is 2.46. The van der Waals surface area contributed by atoms with Crippen molar-refractivity contribution in [2.24, 2.45) is 0 Å². The number of carbonyl (C=O) groups excluding carboxylic acids is 1. The van der Waals surface area contributed by atoms with Gasteiger partial charge in [-0.1, -0.05) is 18.2 Å². The summed E-state index contributed by atoms with van der Waals surface area (Å²) in [4.78, 5) is 11.1. The van der Waals surface area contributed by atoms with Crippen molar-refractivity contribution in [3.63, 3.8) is 0 Å². The van der Waals surface area contributed by atoms with Crippen molar-refractivity contribution >= 4 is 16.7 Å². The predicted molar refractivity (Wildman–Crippen MR) is 51.9 cm³/mol. The largest absolute Gasteiger partial charge is 0.426 e. The average molecular weight is 214 g/mol. The number of hydrogen-bond acceptors (Lipinski definition) is 4. The summed E-state index contributed by atoms with van der Waals surface area (Å²) in [6.45, 7) is 1.29. The van der Waals surface area contributed by atoms with Gasteiger partial charge in [0.1, 0.15) is 5.75 Å². The Morgan fingerprint density at radius 1 is 1.29 bits per heavy atom. The molecule has 0 aliphatic rings. The van der Waals surface area contributed by atoms with Crippen LogP contribution < -0.4 is 4.74 Å². The summed E-state index contributed by atoms with van der Waals surface area (Å²) in [5.74, 6) is -0.409. The van der Waals surface area contributed by atoms with E-state index in [9.17, 15) is 13.2 Å². The van der Waals surface area contributed by atoms with Crippen molar-refractivity contribution in [3.05, 3.63) is 30.3 Å². The molecule has 14 heavy (non-hydrogen) atoms. The van der Waals surface area contributed by atoms with Crippen LogP contribution >= 0.6 is 0 Å². The normalized spacial score (nSPS) is 12.4. The van der Waals surface area contributed by atoms with Crippen molar-refractivity contribution in [2.45, 2.75) is 12.2 Å². The molecule has 1 unspecified atom stereocenters. The number of carbonyl (C=O) groups is 1. The molecule has 1 aromatic rings. The zero-order valence-corrected chi connectivity index (χ0v) is 8.44. The molecule has 0 aliphatic heterocycles. The van der Waals surface area contributed by atoms with Crippen LogP contribution in [0, 0.1) is 0 Å². The summed E-state index contributed by atoms with van der Waals surface area (Å²) in [5, 5.41) is -1.11. The molecule has 1 aromatic carbocycles. The van der Waals surface area contributed by atoms with Gasteiger partial charge in [-0.3, -0.25) is 4.79 Å². The summed E-state index contributed by atoms with van der Waals surface area (Å²) in [6.07, 6.45) is 0. The van der Waals surface area contributed by atoms with E-state index in [0.29, 0.717) is 5.75 Å².